The van der Waals surface area contributed by atoms with Crippen LogP contribution >= 0.6 is 27.5 Å². The SMILES string of the molecule is COc1cc(/C=C/C(=O)NCc2cn3cc(Br)ccc3n2)cc(Cl)c1OC. The average molecular weight is 451 g/mol. The molecule has 140 valence electrons. The number of carbonyl (C=O) groups excluding carboxylic acids is 1. The number of fused-ring (bicyclic) bond motifs is 1. The van der Waals surface area contributed by atoms with E-state index in [4.69, 9.17) is 21.1 Å². The number of halogens is 2. The fourth-order valence-electron chi connectivity index (χ4n) is 2.54. The third-order valence-electron chi connectivity index (χ3n) is 3.79. The van der Waals surface area contributed by atoms with Gasteiger partial charge in [-0.25, -0.2) is 4.98 Å². The lowest BCUT2D eigenvalue weighted by Crippen LogP contribution is -2.20. The molecule has 0 atom stereocenters. The van der Waals surface area contributed by atoms with Gasteiger partial charge in [0.1, 0.15) is 5.65 Å². The van der Waals surface area contributed by atoms with Gasteiger partial charge in [0.15, 0.2) is 11.5 Å². The second-order valence-corrected chi connectivity index (χ2v) is 6.96. The van der Waals surface area contributed by atoms with Gasteiger partial charge in [0, 0.05) is 22.9 Å². The minimum atomic E-state index is -0.237. The number of amides is 1. The quantitative estimate of drug-likeness (QED) is 0.574. The molecule has 0 aliphatic carbocycles. The van der Waals surface area contributed by atoms with Crippen LogP contribution in [0.25, 0.3) is 11.7 Å². The largest absolute Gasteiger partial charge is 0.493 e. The van der Waals surface area contributed by atoms with Crippen LogP contribution in [0, 0.1) is 0 Å². The highest BCUT2D eigenvalue weighted by atomic mass is 79.9. The van der Waals surface area contributed by atoms with Crippen LogP contribution in [0.1, 0.15) is 11.3 Å². The van der Waals surface area contributed by atoms with Crippen LogP contribution in [0.15, 0.2) is 47.2 Å². The first-order valence-corrected chi connectivity index (χ1v) is 9.18. The third kappa shape index (κ3) is 4.61. The first-order valence-electron chi connectivity index (χ1n) is 8.00. The number of rotatable bonds is 6. The molecule has 2 aromatic heterocycles. The van der Waals surface area contributed by atoms with Crippen molar-refractivity contribution < 1.29 is 14.3 Å². The molecule has 3 aromatic rings. The van der Waals surface area contributed by atoms with Gasteiger partial charge >= 0.3 is 0 Å². The van der Waals surface area contributed by atoms with Gasteiger partial charge in [-0.05, 0) is 51.8 Å². The predicted octanol–water partition coefficient (Wildman–Crippen LogP) is 4.10. The van der Waals surface area contributed by atoms with Crippen LogP contribution in [-0.2, 0) is 11.3 Å². The molecule has 8 heteroatoms. The van der Waals surface area contributed by atoms with Crippen molar-refractivity contribution in [1.82, 2.24) is 14.7 Å². The van der Waals surface area contributed by atoms with E-state index in [1.165, 1.54) is 20.3 Å². The van der Waals surface area contributed by atoms with Crippen LogP contribution in [0.4, 0.5) is 0 Å². The van der Waals surface area contributed by atoms with E-state index in [0.29, 0.717) is 23.1 Å². The number of methoxy groups -OCH3 is 2. The average Bonchev–Trinajstić information content (AvgIpc) is 3.06. The fraction of sp³-hybridized carbons (Fsp3) is 0.158. The lowest BCUT2D eigenvalue weighted by molar-refractivity contribution is -0.116. The molecule has 3 rings (SSSR count). The molecule has 0 radical (unpaired) electrons. The summed E-state index contributed by atoms with van der Waals surface area (Å²) >= 11 is 9.58. The number of pyridine rings is 1. The summed E-state index contributed by atoms with van der Waals surface area (Å²) in [6.07, 6.45) is 6.88. The Bertz CT molecular complexity index is 1020. The van der Waals surface area contributed by atoms with Gasteiger partial charge in [-0.1, -0.05) is 11.6 Å². The lowest BCUT2D eigenvalue weighted by atomic mass is 10.2. The Kier molecular flexibility index (Phi) is 6.03. The number of nitrogens with zero attached hydrogens (tertiary/aromatic N) is 2. The third-order valence-corrected chi connectivity index (χ3v) is 4.54. The Morgan fingerprint density at radius 2 is 2.11 bits per heavy atom. The number of carbonyl (C=O) groups is 1. The summed E-state index contributed by atoms with van der Waals surface area (Å²) in [7, 11) is 3.05. The van der Waals surface area contributed by atoms with Gasteiger partial charge in [0.25, 0.3) is 0 Å². The molecule has 0 aliphatic rings. The van der Waals surface area contributed by atoms with Crippen molar-refractivity contribution in [2.75, 3.05) is 14.2 Å². The number of benzene rings is 1. The van der Waals surface area contributed by atoms with E-state index >= 15 is 0 Å². The molecule has 1 aromatic carbocycles. The first-order chi connectivity index (χ1) is 13.0. The van der Waals surface area contributed by atoms with Crippen LogP contribution in [0.3, 0.4) is 0 Å². The van der Waals surface area contributed by atoms with Gasteiger partial charge in [0.2, 0.25) is 5.91 Å². The molecule has 0 aliphatic heterocycles. The molecule has 0 bridgehead atoms. The molecule has 0 saturated carbocycles. The second-order valence-electron chi connectivity index (χ2n) is 5.63. The molecule has 1 N–H and O–H groups in total. The standard InChI is InChI=1S/C19H17BrClN3O3/c1-26-16-8-12(7-15(21)19(16)27-2)3-6-18(25)22-9-14-11-24-10-13(20)4-5-17(24)23-14/h3-8,10-11H,9H2,1-2H3,(H,22,25)/b6-3+. The molecular weight excluding hydrogens is 434 g/mol. The maximum Gasteiger partial charge on any atom is 0.244 e. The summed E-state index contributed by atoms with van der Waals surface area (Å²) in [5.74, 6) is 0.722. The summed E-state index contributed by atoms with van der Waals surface area (Å²) < 4.78 is 13.3. The molecule has 27 heavy (non-hydrogen) atoms. The number of hydrogen-bond donors (Lipinski definition) is 1. The summed E-state index contributed by atoms with van der Waals surface area (Å²) in [6, 6.07) is 7.26. The minimum absolute atomic E-state index is 0.237. The Hall–Kier alpha value is -2.51. The van der Waals surface area contributed by atoms with Gasteiger partial charge < -0.3 is 19.2 Å². The van der Waals surface area contributed by atoms with Crippen molar-refractivity contribution in [2.24, 2.45) is 0 Å². The smallest absolute Gasteiger partial charge is 0.244 e. The number of hydrogen-bond acceptors (Lipinski definition) is 4. The van der Waals surface area contributed by atoms with Crippen LogP contribution in [0.2, 0.25) is 5.02 Å². The first kappa shape index (κ1) is 19.3. The zero-order valence-electron chi connectivity index (χ0n) is 14.7. The van der Waals surface area contributed by atoms with Gasteiger partial charge in [-0.3, -0.25) is 4.79 Å². The Morgan fingerprint density at radius 3 is 2.85 bits per heavy atom. The van der Waals surface area contributed by atoms with E-state index in [2.05, 4.69) is 26.2 Å². The van der Waals surface area contributed by atoms with Crippen LogP contribution in [0.5, 0.6) is 11.5 Å². The maximum absolute atomic E-state index is 12.1. The zero-order valence-corrected chi connectivity index (χ0v) is 17.0. The molecule has 0 unspecified atom stereocenters. The highest BCUT2D eigenvalue weighted by Crippen LogP contribution is 2.36. The van der Waals surface area contributed by atoms with E-state index in [9.17, 15) is 4.79 Å². The van der Waals surface area contributed by atoms with Gasteiger partial charge in [-0.15, -0.1) is 0 Å². The molecule has 0 spiro atoms. The number of ether oxygens (including phenoxy) is 2. The Morgan fingerprint density at radius 1 is 1.30 bits per heavy atom. The van der Waals surface area contributed by atoms with E-state index in [1.54, 1.807) is 18.2 Å². The topological polar surface area (TPSA) is 64.9 Å². The summed E-state index contributed by atoms with van der Waals surface area (Å²) in [5.41, 5.74) is 2.31. The van der Waals surface area contributed by atoms with Crippen molar-refractivity contribution in [1.29, 1.82) is 0 Å². The van der Waals surface area contributed by atoms with E-state index in [-0.39, 0.29) is 5.91 Å². The second kappa shape index (κ2) is 8.45. The monoisotopic (exact) mass is 449 g/mol. The Labute approximate surface area is 169 Å². The Balaban J connectivity index is 1.65. The van der Waals surface area contributed by atoms with E-state index < -0.39 is 0 Å². The predicted molar refractivity (Wildman–Crippen MR) is 108 cm³/mol. The van der Waals surface area contributed by atoms with Crippen molar-refractivity contribution in [3.8, 4) is 11.5 Å². The normalized spacial score (nSPS) is 11.1. The van der Waals surface area contributed by atoms with E-state index in [1.807, 2.05) is 28.9 Å². The molecular formula is C19H17BrClN3O3. The van der Waals surface area contributed by atoms with Crippen molar-refractivity contribution >= 4 is 45.2 Å². The van der Waals surface area contributed by atoms with Crippen LogP contribution < -0.4 is 14.8 Å². The molecule has 1 amide bonds. The molecule has 0 fully saturated rings. The highest BCUT2D eigenvalue weighted by Gasteiger charge is 2.10. The highest BCUT2D eigenvalue weighted by molar-refractivity contribution is 9.10. The fourth-order valence-corrected chi connectivity index (χ4v) is 3.19. The number of aromatic nitrogens is 2. The molecule has 6 nitrogen and oxygen atoms in total. The lowest BCUT2D eigenvalue weighted by Gasteiger charge is -2.10. The summed E-state index contributed by atoms with van der Waals surface area (Å²) in [6.45, 7) is 0.329. The number of imidazole rings is 1. The number of nitrogens with one attached hydrogen (secondary N) is 1. The van der Waals surface area contributed by atoms with Crippen molar-refractivity contribution in [3.63, 3.8) is 0 Å². The van der Waals surface area contributed by atoms with E-state index in [0.717, 1.165) is 21.4 Å². The van der Waals surface area contributed by atoms with Crippen molar-refractivity contribution in [3.05, 3.63) is 63.5 Å². The summed E-state index contributed by atoms with van der Waals surface area (Å²) in [5, 5.41) is 3.22. The molecule has 2 heterocycles. The molecule has 0 saturated heterocycles. The van der Waals surface area contributed by atoms with Crippen molar-refractivity contribution in [2.45, 2.75) is 6.54 Å². The van der Waals surface area contributed by atoms with Gasteiger partial charge in [-0.2, -0.15) is 0 Å². The zero-order chi connectivity index (χ0) is 19.4. The maximum atomic E-state index is 12.1. The van der Waals surface area contributed by atoms with Crippen LogP contribution in [-0.4, -0.2) is 29.5 Å². The minimum Gasteiger partial charge on any atom is -0.493 e. The summed E-state index contributed by atoms with van der Waals surface area (Å²) in [4.78, 5) is 16.5. The van der Waals surface area contributed by atoms with Gasteiger partial charge in [0.05, 0.1) is 31.5 Å².